The summed E-state index contributed by atoms with van der Waals surface area (Å²) in [4.78, 5) is 29.1. The van der Waals surface area contributed by atoms with Crippen LogP contribution in [-0.2, 0) is 24.3 Å². The molecule has 1 amide bonds. The lowest BCUT2D eigenvalue weighted by Crippen LogP contribution is -2.29. The SMILES string of the molecule is O=C(Cc1ccccc1)NCCn1ncc2c(=O)n(Cc3cccc(F)c3)cnc21. The molecule has 2 aromatic heterocycles. The van der Waals surface area contributed by atoms with Crippen LogP contribution in [-0.4, -0.2) is 31.8 Å². The number of carbonyl (C=O) groups is 1. The standard InChI is InChI=1S/C22H20FN5O2/c23-18-8-4-7-17(11-18)14-27-15-25-21-19(22(27)30)13-26-28(21)10-9-24-20(29)12-16-5-2-1-3-6-16/h1-8,11,13,15H,9-10,12,14H2,(H,24,29). The summed E-state index contributed by atoms with van der Waals surface area (Å²) in [5, 5.41) is 7.46. The van der Waals surface area contributed by atoms with Crippen molar-refractivity contribution in [3.05, 3.63) is 94.4 Å². The minimum absolute atomic E-state index is 0.0805. The molecule has 0 radical (unpaired) electrons. The Bertz CT molecular complexity index is 1230. The number of nitrogens with zero attached hydrogens (tertiary/aromatic N) is 4. The van der Waals surface area contributed by atoms with Crippen molar-refractivity contribution >= 4 is 16.9 Å². The zero-order valence-corrected chi connectivity index (χ0v) is 16.2. The van der Waals surface area contributed by atoms with Crippen molar-refractivity contribution in [2.75, 3.05) is 6.54 Å². The van der Waals surface area contributed by atoms with E-state index in [1.165, 1.54) is 29.2 Å². The molecule has 152 valence electrons. The molecular weight excluding hydrogens is 385 g/mol. The first-order chi connectivity index (χ1) is 14.6. The summed E-state index contributed by atoms with van der Waals surface area (Å²) in [6.45, 7) is 0.987. The minimum atomic E-state index is -0.350. The molecule has 0 unspecified atom stereocenters. The largest absolute Gasteiger partial charge is 0.354 e. The zero-order chi connectivity index (χ0) is 20.9. The van der Waals surface area contributed by atoms with Gasteiger partial charge >= 0.3 is 0 Å². The Morgan fingerprint density at radius 3 is 2.67 bits per heavy atom. The van der Waals surface area contributed by atoms with E-state index in [9.17, 15) is 14.0 Å². The van der Waals surface area contributed by atoms with Crippen molar-refractivity contribution in [1.82, 2.24) is 24.6 Å². The fourth-order valence-corrected chi connectivity index (χ4v) is 3.25. The summed E-state index contributed by atoms with van der Waals surface area (Å²) in [6, 6.07) is 15.6. The number of rotatable bonds is 7. The highest BCUT2D eigenvalue weighted by atomic mass is 19.1. The van der Waals surface area contributed by atoms with E-state index in [-0.39, 0.29) is 23.8 Å². The number of fused-ring (bicyclic) bond motifs is 1. The Hall–Kier alpha value is -3.81. The number of nitrogens with one attached hydrogen (secondary N) is 1. The maximum Gasteiger partial charge on any atom is 0.264 e. The van der Waals surface area contributed by atoms with E-state index in [1.54, 1.807) is 16.8 Å². The van der Waals surface area contributed by atoms with Crippen LogP contribution >= 0.6 is 0 Å². The fraction of sp³-hybridized carbons (Fsp3) is 0.182. The fourth-order valence-electron chi connectivity index (χ4n) is 3.25. The van der Waals surface area contributed by atoms with Crippen LogP contribution in [0.25, 0.3) is 11.0 Å². The van der Waals surface area contributed by atoms with Gasteiger partial charge in [-0.25, -0.2) is 14.1 Å². The molecule has 7 nitrogen and oxygen atoms in total. The Labute approximate surface area is 171 Å². The number of hydrogen-bond donors (Lipinski definition) is 1. The van der Waals surface area contributed by atoms with Gasteiger partial charge in [-0.2, -0.15) is 5.10 Å². The third kappa shape index (κ3) is 4.43. The van der Waals surface area contributed by atoms with Crippen molar-refractivity contribution in [2.45, 2.75) is 19.5 Å². The maximum absolute atomic E-state index is 13.4. The number of hydrogen-bond acceptors (Lipinski definition) is 4. The van der Waals surface area contributed by atoms with Crippen molar-refractivity contribution in [1.29, 1.82) is 0 Å². The second kappa shape index (κ2) is 8.69. The van der Waals surface area contributed by atoms with Crippen LogP contribution in [0, 0.1) is 5.82 Å². The third-order valence-corrected chi connectivity index (χ3v) is 4.72. The van der Waals surface area contributed by atoms with Gasteiger partial charge < -0.3 is 5.32 Å². The monoisotopic (exact) mass is 405 g/mol. The van der Waals surface area contributed by atoms with Crippen molar-refractivity contribution in [2.24, 2.45) is 0 Å². The van der Waals surface area contributed by atoms with E-state index in [1.807, 2.05) is 30.3 Å². The molecule has 0 spiro atoms. The van der Waals surface area contributed by atoms with E-state index < -0.39 is 0 Å². The molecule has 8 heteroatoms. The number of benzene rings is 2. The van der Waals surface area contributed by atoms with Crippen molar-refractivity contribution < 1.29 is 9.18 Å². The van der Waals surface area contributed by atoms with Crippen LogP contribution in [0.4, 0.5) is 4.39 Å². The van der Waals surface area contributed by atoms with Crippen LogP contribution in [0.5, 0.6) is 0 Å². The molecule has 4 rings (SSSR count). The normalized spacial score (nSPS) is 11.0. The topological polar surface area (TPSA) is 81.8 Å². The highest BCUT2D eigenvalue weighted by Crippen LogP contribution is 2.08. The third-order valence-electron chi connectivity index (χ3n) is 4.72. The first-order valence-corrected chi connectivity index (χ1v) is 9.56. The molecule has 4 aromatic rings. The molecule has 0 aliphatic carbocycles. The van der Waals surface area contributed by atoms with Gasteiger partial charge in [-0.3, -0.25) is 14.2 Å². The van der Waals surface area contributed by atoms with Crippen LogP contribution in [0.3, 0.4) is 0 Å². The number of amides is 1. The molecule has 0 bridgehead atoms. The van der Waals surface area contributed by atoms with Gasteiger partial charge in [-0.1, -0.05) is 42.5 Å². The molecule has 0 atom stereocenters. The molecular formula is C22H20FN5O2. The van der Waals surface area contributed by atoms with Crippen molar-refractivity contribution in [3.8, 4) is 0 Å². The summed E-state index contributed by atoms with van der Waals surface area (Å²) >= 11 is 0. The lowest BCUT2D eigenvalue weighted by atomic mass is 10.1. The minimum Gasteiger partial charge on any atom is -0.354 e. The average molecular weight is 405 g/mol. The highest BCUT2D eigenvalue weighted by molar-refractivity contribution is 5.78. The predicted molar refractivity (Wildman–Crippen MR) is 110 cm³/mol. The first-order valence-electron chi connectivity index (χ1n) is 9.56. The predicted octanol–water partition coefficient (Wildman–Crippen LogP) is 2.14. The van der Waals surface area contributed by atoms with Gasteiger partial charge in [-0.15, -0.1) is 0 Å². The highest BCUT2D eigenvalue weighted by Gasteiger charge is 2.11. The Morgan fingerprint density at radius 1 is 1.07 bits per heavy atom. The van der Waals surface area contributed by atoms with Gasteiger partial charge in [0.15, 0.2) is 5.65 Å². The molecule has 0 aliphatic rings. The molecule has 0 saturated heterocycles. The first kappa shape index (κ1) is 19.5. The lowest BCUT2D eigenvalue weighted by molar-refractivity contribution is -0.120. The van der Waals surface area contributed by atoms with E-state index in [2.05, 4.69) is 15.4 Å². The maximum atomic E-state index is 13.4. The van der Waals surface area contributed by atoms with E-state index >= 15 is 0 Å². The second-order valence-corrected chi connectivity index (χ2v) is 6.92. The number of carbonyl (C=O) groups excluding carboxylic acids is 1. The van der Waals surface area contributed by atoms with E-state index in [0.717, 1.165) is 5.56 Å². The molecule has 0 aliphatic heterocycles. The van der Waals surface area contributed by atoms with Gasteiger partial charge in [0, 0.05) is 6.54 Å². The van der Waals surface area contributed by atoms with Gasteiger partial charge in [0.1, 0.15) is 17.5 Å². The summed E-state index contributed by atoms with van der Waals surface area (Å²) in [5.41, 5.74) is 1.82. The van der Waals surface area contributed by atoms with E-state index in [4.69, 9.17) is 0 Å². The summed E-state index contributed by atoms with van der Waals surface area (Å²) in [7, 11) is 0. The Balaban J connectivity index is 1.41. The Kier molecular flexibility index (Phi) is 5.65. The quantitative estimate of drug-likeness (QED) is 0.511. The number of aromatic nitrogens is 4. The van der Waals surface area contributed by atoms with Crippen LogP contribution in [0.2, 0.25) is 0 Å². The molecule has 1 N–H and O–H groups in total. The van der Waals surface area contributed by atoms with Gasteiger partial charge in [0.25, 0.3) is 5.56 Å². The average Bonchev–Trinajstić information content (AvgIpc) is 3.15. The van der Waals surface area contributed by atoms with Crippen LogP contribution < -0.4 is 10.9 Å². The number of halogens is 1. The molecule has 2 heterocycles. The Morgan fingerprint density at radius 2 is 1.87 bits per heavy atom. The van der Waals surface area contributed by atoms with Crippen molar-refractivity contribution in [3.63, 3.8) is 0 Å². The summed E-state index contributed by atoms with van der Waals surface area (Å²) in [5.74, 6) is -0.431. The smallest absolute Gasteiger partial charge is 0.264 e. The lowest BCUT2D eigenvalue weighted by Gasteiger charge is -2.08. The summed E-state index contributed by atoms with van der Waals surface area (Å²) < 4.78 is 16.4. The van der Waals surface area contributed by atoms with Crippen LogP contribution in [0.1, 0.15) is 11.1 Å². The molecule has 0 saturated carbocycles. The molecule has 0 fully saturated rings. The van der Waals surface area contributed by atoms with Gasteiger partial charge in [0.2, 0.25) is 5.91 Å². The van der Waals surface area contributed by atoms with Gasteiger partial charge in [-0.05, 0) is 23.3 Å². The van der Waals surface area contributed by atoms with E-state index in [0.29, 0.717) is 36.1 Å². The molecule has 30 heavy (non-hydrogen) atoms. The van der Waals surface area contributed by atoms with Gasteiger partial charge in [0.05, 0.1) is 25.7 Å². The molecule has 2 aromatic carbocycles. The van der Waals surface area contributed by atoms with Crippen LogP contribution in [0.15, 0.2) is 71.9 Å². The summed E-state index contributed by atoms with van der Waals surface area (Å²) in [6.07, 6.45) is 3.21. The zero-order valence-electron chi connectivity index (χ0n) is 16.2. The second-order valence-electron chi connectivity index (χ2n) is 6.92.